The highest BCUT2D eigenvalue weighted by Crippen LogP contribution is 2.21. The maximum atomic E-state index is 12.1. The summed E-state index contributed by atoms with van der Waals surface area (Å²) in [5.41, 5.74) is 0.638. The number of fused-ring (bicyclic) bond motifs is 1. The van der Waals surface area contributed by atoms with E-state index in [9.17, 15) is 13.2 Å². The summed E-state index contributed by atoms with van der Waals surface area (Å²) in [5, 5.41) is 2.07. The number of hydrogen-bond acceptors (Lipinski definition) is 3. The number of hydrogen-bond donors (Lipinski definition) is 0. The predicted molar refractivity (Wildman–Crippen MR) is 89.5 cm³/mol. The summed E-state index contributed by atoms with van der Waals surface area (Å²) < 4.78 is 23.8. The van der Waals surface area contributed by atoms with Crippen LogP contribution in [0.25, 0.3) is 10.8 Å². The first kappa shape index (κ1) is 16.2. The molecule has 0 saturated heterocycles. The molecule has 0 N–H and O–H groups in total. The molecule has 0 spiro atoms. The largest absolute Gasteiger partial charge is 0.294 e. The van der Waals surface area contributed by atoms with Gasteiger partial charge >= 0.3 is 0 Å². The van der Waals surface area contributed by atoms with Crippen molar-refractivity contribution in [1.29, 1.82) is 0 Å². The molecule has 5 heteroatoms. The van der Waals surface area contributed by atoms with Crippen molar-refractivity contribution in [2.24, 2.45) is 0 Å². The Morgan fingerprint density at radius 2 is 1.76 bits per heavy atom. The van der Waals surface area contributed by atoms with Crippen LogP contribution in [0.5, 0.6) is 0 Å². The minimum Gasteiger partial charge on any atom is -0.294 e. The van der Waals surface area contributed by atoms with E-state index in [0.29, 0.717) is 12.0 Å². The summed E-state index contributed by atoms with van der Waals surface area (Å²) in [6, 6.07) is 11.5. The number of carbonyl (C=O) groups excluding carboxylic acids is 1. The molecule has 2 aromatic rings. The van der Waals surface area contributed by atoms with Gasteiger partial charge in [0.1, 0.15) is 9.84 Å². The van der Waals surface area contributed by atoms with Gasteiger partial charge in [-0.3, -0.25) is 4.79 Å². The fraction of sp³-hybridized carbons (Fsp3) is 0.312. The van der Waals surface area contributed by atoms with Crippen molar-refractivity contribution in [3.05, 3.63) is 46.4 Å². The summed E-state index contributed by atoms with van der Waals surface area (Å²) in [6.45, 7) is 1.62. The average Bonchev–Trinajstić information content (AvgIpc) is 2.46. The zero-order valence-electron chi connectivity index (χ0n) is 11.8. The van der Waals surface area contributed by atoms with Crippen molar-refractivity contribution in [1.82, 2.24) is 0 Å². The third kappa shape index (κ3) is 4.38. The van der Waals surface area contributed by atoms with Crippen molar-refractivity contribution in [3.8, 4) is 0 Å². The van der Waals surface area contributed by atoms with Crippen LogP contribution in [0.15, 0.2) is 40.9 Å². The Balaban J connectivity index is 2.08. The van der Waals surface area contributed by atoms with Crippen LogP contribution >= 0.6 is 15.9 Å². The number of ketones is 1. The normalized spacial score (nSPS) is 11.7. The molecule has 3 nitrogen and oxygen atoms in total. The van der Waals surface area contributed by atoms with Crippen molar-refractivity contribution in [2.45, 2.75) is 19.8 Å². The van der Waals surface area contributed by atoms with Crippen LogP contribution in [0, 0.1) is 0 Å². The van der Waals surface area contributed by atoms with E-state index < -0.39 is 9.84 Å². The number of halogens is 1. The molecule has 0 amide bonds. The molecule has 0 radical (unpaired) electrons. The minimum absolute atomic E-state index is 0.00822. The first-order valence-corrected chi connectivity index (χ1v) is 9.45. The lowest BCUT2D eigenvalue weighted by Crippen LogP contribution is -2.10. The zero-order valence-corrected chi connectivity index (χ0v) is 14.2. The average molecular weight is 369 g/mol. The molecule has 0 saturated carbocycles. The van der Waals surface area contributed by atoms with Gasteiger partial charge in [-0.05, 0) is 35.4 Å². The number of Topliss-reactive ketones (excluding diaryl/α,β-unsaturated/α-hetero) is 1. The molecule has 0 aliphatic heterocycles. The Morgan fingerprint density at radius 1 is 1.10 bits per heavy atom. The standard InChI is InChI=1S/C16H17BrO3S/c1-2-21(19,20)9-3-4-16(18)14-6-5-13-11-15(17)8-7-12(13)10-14/h5-8,10-11H,2-4,9H2,1H3. The van der Waals surface area contributed by atoms with Gasteiger partial charge in [0.25, 0.3) is 0 Å². The first-order valence-electron chi connectivity index (χ1n) is 6.84. The van der Waals surface area contributed by atoms with E-state index in [-0.39, 0.29) is 23.7 Å². The number of rotatable bonds is 6. The molecular weight excluding hydrogens is 352 g/mol. The lowest BCUT2D eigenvalue weighted by atomic mass is 10.0. The first-order chi connectivity index (χ1) is 9.91. The molecule has 0 aliphatic rings. The Bertz CT molecular complexity index is 766. The third-order valence-corrected chi connectivity index (χ3v) is 5.71. The molecule has 0 aromatic heterocycles. The molecule has 21 heavy (non-hydrogen) atoms. The summed E-state index contributed by atoms with van der Waals surface area (Å²) in [4.78, 5) is 12.1. The monoisotopic (exact) mass is 368 g/mol. The fourth-order valence-electron chi connectivity index (χ4n) is 2.13. The Labute approximate surface area is 133 Å². The van der Waals surface area contributed by atoms with Crippen LogP contribution < -0.4 is 0 Å². The van der Waals surface area contributed by atoms with Gasteiger partial charge in [-0.25, -0.2) is 8.42 Å². The molecule has 2 rings (SSSR count). The molecule has 2 aromatic carbocycles. The lowest BCUT2D eigenvalue weighted by molar-refractivity contribution is 0.0982. The lowest BCUT2D eigenvalue weighted by Gasteiger charge is -2.04. The predicted octanol–water partition coefficient (Wildman–Crippen LogP) is 4.00. The molecule has 0 atom stereocenters. The summed E-state index contributed by atoms with van der Waals surface area (Å²) in [6.07, 6.45) is 0.647. The van der Waals surface area contributed by atoms with Crippen molar-refractivity contribution >= 4 is 42.3 Å². The van der Waals surface area contributed by atoms with E-state index in [1.807, 2.05) is 30.3 Å². The zero-order chi connectivity index (χ0) is 15.5. The van der Waals surface area contributed by atoms with E-state index in [1.165, 1.54) is 0 Å². The molecule has 0 unspecified atom stereocenters. The van der Waals surface area contributed by atoms with E-state index in [4.69, 9.17) is 0 Å². The van der Waals surface area contributed by atoms with Crippen LogP contribution in [0.3, 0.4) is 0 Å². The fourth-order valence-corrected chi connectivity index (χ4v) is 3.38. The second-order valence-electron chi connectivity index (χ2n) is 4.97. The van der Waals surface area contributed by atoms with Crippen LogP contribution in [0.1, 0.15) is 30.1 Å². The van der Waals surface area contributed by atoms with Gasteiger partial charge in [-0.2, -0.15) is 0 Å². The maximum absolute atomic E-state index is 12.1. The highest BCUT2D eigenvalue weighted by atomic mass is 79.9. The smallest absolute Gasteiger partial charge is 0.162 e. The number of carbonyl (C=O) groups is 1. The Morgan fingerprint density at radius 3 is 2.48 bits per heavy atom. The minimum atomic E-state index is -2.99. The van der Waals surface area contributed by atoms with Crippen LogP contribution in [0.2, 0.25) is 0 Å². The second kappa shape index (κ2) is 6.71. The quantitative estimate of drug-likeness (QED) is 0.724. The van der Waals surface area contributed by atoms with Crippen molar-refractivity contribution in [2.75, 3.05) is 11.5 Å². The molecule has 0 fully saturated rings. The van der Waals surface area contributed by atoms with Gasteiger partial charge in [-0.1, -0.05) is 41.1 Å². The van der Waals surface area contributed by atoms with Gasteiger partial charge in [0, 0.05) is 22.2 Å². The van der Waals surface area contributed by atoms with Gasteiger partial charge < -0.3 is 0 Å². The Hall–Kier alpha value is -1.20. The molecular formula is C16H17BrO3S. The molecule has 0 aliphatic carbocycles. The molecule has 0 heterocycles. The van der Waals surface area contributed by atoms with E-state index in [1.54, 1.807) is 13.0 Å². The van der Waals surface area contributed by atoms with E-state index in [0.717, 1.165) is 15.2 Å². The Kier molecular flexibility index (Phi) is 5.17. The highest BCUT2D eigenvalue weighted by Gasteiger charge is 2.11. The topological polar surface area (TPSA) is 51.2 Å². The van der Waals surface area contributed by atoms with Gasteiger partial charge in [0.05, 0.1) is 5.75 Å². The van der Waals surface area contributed by atoms with Crippen LogP contribution in [-0.2, 0) is 9.84 Å². The maximum Gasteiger partial charge on any atom is 0.162 e. The third-order valence-electron chi connectivity index (χ3n) is 3.42. The summed E-state index contributed by atoms with van der Waals surface area (Å²) in [5.74, 6) is 0.202. The molecule has 112 valence electrons. The van der Waals surface area contributed by atoms with Gasteiger partial charge in [0.2, 0.25) is 0 Å². The van der Waals surface area contributed by atoms with Crippen LogP contribution in [0.4, 0.5) is 0 Å². The highest BCUT2D eigenvalue weighted by molar-refractivity contribution is 9.10. The van der Waals surface area contributed by atoms with Crippen molar-refractivity contribution < 1.29 is 13.2 Å². The number of sulfone groups is 1. The van der Waals surface area contributed by atoms with Crippen molar-refractivity contribution in [3.63, 3.8) is 0 Å². The van der Waals surface area contributed by atoms with E-state index in [2.05, 4.69) is 15.9 Å². The van der Waals surface area contributed by atoms with Gasteiger partial charge in [-0.15, -0.1) is 0 Å². The number of benzene rings is 2. The molecule has 0 bridgehead atoms. The van der Waals surface area contributed by atoms with E-state index >= 15 is 0 Å². The van der Waals surface area contributed by atoms with Gasteiger partial charge in [0.15, 0.2) is 5.78 Å². The summed E-state index contributed by atoms with van der Waals surface area (Å²) in [7, 11) is -2.99. The second-order valence-corrected chi connectivity index (χ2v) is 8.36. The SMILES string of the molecule is CCS(=O)(=O)CCCC(=O)c1ccc2cc(Br)ccc2c1. The summed E-state index contributed by atoms with van der Waals surface area (Å²) >= 11 is 3.42. The van der Waals surface area contributed by atoms with Crippen LogP contribution in [-0.4, -0.2) is 25.7 Å².